The van der Waals surface area contributed by atoms with E-state index in [9.17, 15) is 9.13 Å². The molecule has 0 aliphatic carbocycles. The Labute approximate surface area is 151 Å². The summed E-state index contributed by atoms with van der Waals surface area (Å²) >= 11 is 0. The predicted octanol–water partition coefficient (Wildman–Crippen LogP) is 4.54. The topological polar surface area (TPSA) is 74.3 Å². The van der Waals surface area contributed by atoms with E-state index in [1.165, 1.54) is 0 Å². The standard InChI is InChI=1S/C16H33NO6P2/c1-6-7-8-17(13-24(18)20-9-15(2,3)10-21-24)14-25(19)22-11-16(4,5)12-23-25/h6-14H2,1-5H3. The van der Waals surface area contributed by atoms with Gasteiger partial charge in [-0.05, 0) is 13.0 Å². The lowest BCUT2D eigenvalue weighted by Gasteiger charge is -2.38. The maximum atomic E-state index is 12.9. The molecule has 0 unspecified atom stereocenters. The van der Waals surface area contributed by atoms with Crippen LogP contribution in [-0.2, 0) is 27.2 Å². The highest BCUT2D eigenvalue weighted by Crippen LogP contribution is 2.57. The average Bonchev–Trinajstić information content (AvgIpc) is 2.52. The molecule has 2 rings (SSSR count). The molecule has 0 aromatic carbocycles. The highest BCUT2D eigenvalue weighted by Gasteiger charge is 2.42. The minimum absolute atomic E-state index is 0.114. The van der Waals surface area contributed by atoms with Crippen molar-refractivity contribution < 1.29 is 27.2 Å². The summed E-state index contributed by atoms with van der Waals surface area (Å²) in [5.74, 6) is 0. The van der Waals surface area contributed by atoms with E-state index in [1.54, 1.807) is 0 Å². The van der Waals surface area contributed by atoms with Gasteiger partial charge in [0.05, 0.1) is 26.4 Å². The van der Waals surface area contributed by atoms with Crippen LogP contribution in [0.3, 0.4) is 0 Å². The molecule has 2 aliphatic rings. The van der Waals surface area contributed by atoms with Crippen molar-refractivity contribution in [3.63, 3.8) is 0 Å². The van der Waals surface area contributed by atoms with E-state index >= 15 is 0 Å². The van der Waals surface area contributed by atoms with E-state index in [2.05, 4.69) is 6.92 Å². The molecule has 2 saturated heterocycles. The zero-order chi connectivity index (χ0) is 18.8. The first-order valence-corrected chi connectivity index (χ1v) is 12.4. The first-order chi connectivity index (χ1) is 11.5. The maximum absolute atomic E-state index is 12.9. The Hall–Kier alpha value is 0.260. The molecule has 9 heteroatoms. The molecule has 0 bridgehead atoms. The maximum Gasteiger partial charge on any atom is 0.344 e. The fourth-order valence-corrected chi connectivity index (χ4v) is 6.75. The van der Waals surface area contributed by atoms with Gasteiger partial charge in [0, 0.05) is 10.8 Å². The molecule has 2 aliphatic heterocycles. The van der Waals surface area contributed by atoms with Crippen LogP contribution in [0.25, 0.3) is 0 Å². The van der Waals surface area contributed by atoms with Crippen molar-refractivity contribution in [2.75, 3.05) is 45.5 Å². The van der Waals surface area contributed by atoms with E-state index in [0.29, 0.717) is 33.0 Å². The molecule has 0 aromatic rings. The molecular weight excluding hydrogens is 364 g/mol. The van der Waals surface area contributed by atoms with Crippen molar-refractivity contribution in [2.24, 2.45) is 10.8 Å². The van der Waals surface area contributed by atoms with Gasteiger partial charge in [-0.15, -0.1) is 0 Å². The van der Waals surface area contributed by atoms with Gasteiger partial charge in [-0.2, -0.15) is 0 Å². The summed E-state index contributed by atoms with van der Waals surface area (Å²) in [7, 11) is -6.44. The number of hydrogen-bond acceptors (Lipinski definition) is 7. The van der Waals surface area contributed by atoms with Crippen molar-refractivity contribution in [3.8, 4) is 0 Å². The monoisotopic (exact) mass is 397 g/mol. The molecule has 0 saturated carbocycles. The summed E-state index contributed by atoms with van der Waals surface area (Å²) in [5, 5.41) is 0. The smallest absolute Gasteiger partial charge is 0.307 e. The van der Waals surface area contributed by atoms with Crippen molar-refractivity contribution >= 4 is 15.2 Å². The van der Waals surface area contributed by atoms with E-state index in [-0.39, 0.29) is 23.4 Å². The molecule has 0 amide bonds. The molecule has 25 heavy (non-hydrogen) atoms. The van der Waals surface area contributed by atoms with Crippen LogP contribution in [0.1, 0.15) is 47.5 Å². The van der Waals surface area contributed by atoms with Gasteiger partial charge < -0.3 is 18.1 Å². The van der Waals surface area contributed by atoms with Gasteiger partial charge in [0.15, 0.2) is 0 Å². The first-order valence-electron chi connectivity index (χ1n) is 8.95. The van der Waals surface area contributed by atoms with Gasteiger partial charge in [-0.25, -0.2) is 0 Å². The third kappa shape index (κ3) is 6.73. The molecule has 0 radical (unpaired) electrons. The Morgan fingerprint density at radius 1 is 0.800 bits per heavy atom. The molecule has 0 atom stereocenters. The molecule has 2 heterocycles. The Bertz CT molecular complexity index is 479. The summed E-state index contributed by atoms with van der Waals surface area (Å²) < 4.78 is 48.0. The number of rotatable bonds is 7. The second kappa shape index (κ2) is 8.10. The van der Waals surface area contributed by atoms with Crippen LogP contribution in [0.15, 0.2) is 0 Å². The molecular formula is C16H33NO6P2. The Morgan fingerprint density at radius 2 is 1.16 bits per heavy atom. The molecule has 0 spiro atoms. The van der Waals surface area contributed by atoms with Crippen molar-refractivity contribution in [1.82, 2.24) is 4.90 Å². The summed E-state index contributed by atoms with van der Waals surface area (Å²) in [6.07, 6.45) is 2.11. The van der Waals surface area contributed by atoms with Crippen LogP contribution in [0, 0.1) is 10.8 Å². The van der Waals surface area contributed by atoms with Gasteiger partial charge in [0.25, 0.3) is 0 Å². The Morgan fingerprint density at radius 3 is 1.48 bits per heavy atom. The summed E-state index contributed by atoms with van der Waals surface area (Å²) in [6.45, 7) is 12.3. The molecule has 0 N–H and O–H groups in total. The van der Waals surface area contributed by atoms with Crippen LogP contribution >= 0.6 is 15.2 Å². The third-order valence-electron chi connectivity index (χ3n) is 4.18. The Kier molecular flexibility index (Phi) is 6.98. The van der Waals surface area contributed by atoms with Crippen molar-refractivity contribution in [1.29, 1.82) is 0 Å². The van der Waals surface area contributed by atoms with Gasteiger partial charge in [-0.3, -0.25) is 14.0 Å². The first kappa shape index (κ1) is 21.6. The van der Waals surface area contributed by atoms with Crippen LogP contribution in [0.4, 0.5) is 0 Å². The second-order valence-corrected chi connectivity index (χ2v) is 12.7. The van der Waals surface area contributed by atoms with E-state index in [1.807, 2.05) is 32.6 Å². The van der Waals surface area contributed by atoms with Crippen LogP contribution in [-0.4, -0.2) is 50.4 Å². The third-order valence-corrected chi connectivity index (χ3v) is 7.77. The molecule has 0 aromatic heterocycles. The lowest BCUT2D eigenvalue weighted by atomic mass is 9.97. The molecule has 7 nitrogen and oxygen atoms in total. The SMILES string of the molecule is CCCCN(CP1(=O)OCC(C)(C)CO1)CP1(=O)OCC(C)(C)CO1. The average molecular weight is 397 g/mol. The van der Waals surface area contributed by atoms with Crippen molar-refractivity contribution in [2.45, 2.75) is 47.5 Å². The quantitative estimate of drug-likeness (QED) is 0.584. The minimum Gasteiger partial charge on any atom is -0.307 e. The van der Waals surface area contributed by atoms with Crippen LogP contribution in [0.5, 0.6) is 0 Å². The van der Waals surface area contributed by atoms with Crippen LogP contribution in [0.2, 0.25) is 0 Å². The zero-order valence-corrected chi connectivity index (χ0v) is 17.9. The lowest BCUT2D eigenvalue weighted by molar-refractivity contribution is 0.0308. The van der Waals surface area contributed by atoms with Crippen LogP contribution < -0.4 is 0 Å². The zero-order valence-electron chi connectivity index (χ0n) is 16.2. The fraction of sp³-hybridized carbons (Fsp3) is 1.00. The van der Waals surface area contributed by atoms with E-state index in [4.69, 9.17) is 18.1 Å². The van der Waals surface area contributed by atoms with E-state index in [0.717, 1.165) is 12.8 Å². The highest BCUT2D eigenvalue weighted by molar-refractivity contribution is 7.54. The molecule has 2 fully saturated rings. The van der Waals surface area contributed by atoms with Crippen molar-refractivity contribution in [3.05, 3.63) is 0 Å². The lowest BCUT2D eigenvalue weighted by Crippen LogP contribution is -2.36. The predicted molar refractivity (Wildman–Crippen MR) is 97.9 cm³/mol. The van der Waals surface area contributed by atoms with E-state index < -0.39 is 15.2 Å². The number of hydrogen-bond donors (Lipinski definition) is 0. The normalized spacial score (nSPS) is 27.3. The van der Waals surface area contributed by atoms with Gasteiger partial charge in [0.2, 0.25) is 0 Å². The molecule has 148 valence electrons. The summed E-state index contributed by atoms with van der Waals surface area (Å²) in [5.41, 5.74) is -0.286. The Balaban J connectivity index is 1.99. The summed E-state index contributed by atoms with van der Waals surface area (Å²) in [4.78, 5) is 1.85. The van der Waals surface area contributed by atoms with Gasteiger partial charge >= 0.3 is 15.2 Å². The minimum atomic E-state index is -3.22. The number of nitrogens with zero attached hydrogens (tertiary/aromatic N) is 1. The largest absolute Gasteiger partial charge is 0.344 e. The summed E-state index contributed by atoms with van der Waals surface area (Å²) in [6, 6.07) is 0. The van der Waals surface area contributed by atoms with Gasteiger partial charge in [0.1, 0.15) is 12.6 Å². The highest BCUT2D eigenvalue weighted by atomic mass is 31.2. The number of unbranched alkanes of at least 4 members (excludes halogenated alkanes) is 1. The fourth-order valence-electron chi connectivity index (χ4n) is 2.47. The van der Waals surface area contributed by atoms with Gasteiger partial charge in [-0.1, -0.05) is 41.0 Å². The second-order valence-electron chi connectivity index (χ2n) is 8.67.